The van der Waals surface area contributed by atoms with Crippen molar-refractivity contribution >= 4 is 11.6 Å². The second-order valence-corrected chi connectivity index (χ2v) is 2.97. The fourth-order valence-electron chi connectivity index (χ4n) is 1.07. The van der Waals surface area contributed by atoms with Crippen LogP contribution in [0.25, 0.3) is 0 Å². The lowest BCUT2D eigenvalue weighted by Crippen LogP contribution is -2.07. The number of rotatable bonds is 5. The van der Waals surface area contributed by atoms with Gasteiger partial charge in [-0.3, -0.25) is 9.48 Å². The van der Waals surface area contributed by atoms with Crippen LogP contribution in [-0.2, 0) is 16.1 Å². The number of amides is 1. The van der Waals surface area contributed by atoms with Gasteiger partial charge in [-0.1, -0.05) is 6.08 Å². The summed E-state index contributed by atoms with van der Waals surface area (Å²) in [6, 6.07) is 0. The highest BCUT2D eigenvalue weighted by Crippen LogP contribution is 2.04. The van der Waals surface area contributed by atoms with Crippen molar-refractivity contribution in [3.63, 3.8) is 0 Å². The highest BCUT2D eigenvalue weighted by atomic mass is 16.5. The topological polar surface area (TPSA) is 56.2 Å². The van der Waals surface area contributed by atoms with Crippen molar-refractivity contribution in [2.75, 3.05) is 19.0 Å². The van der Waals surface area contributed by atoms with E-state index in [2.05, 4.69) is 10.4 Å². The monoisotopic (exact) mass is 209 g/mol. The Morgan fingerprint density at radius 3 is 3.20 bits per heavy atom. The van der Waals surface area contributed by atoms with Gasteiger partial charge in [-0.15, -0.1) is 0 Å². The summed E-state index contributed by atoms with van der Waals surface area (Å²) in [4.78, 5) is 11.2. The van der Waals surface area contributed by atoms with Gasteiger partial charge in [0, 0.05) is 13.3 Å². The van der Waals surface area contributed by atoms with Crippen LogP contribution in [0, 0.1) is 0 Å². The summed E-state index contributed by atoms with van der Waals surface area (Å²) in [5, 5.41) is 6.75. The van der Waals surface area contributed by atoms with Crippen molar-refractivity contribution < 1.29 is 9.53 Å². The summed E-state index contributed by atoms with van der Waals surface area (Å²) in [5.41, 5.74) is 0.689. The molecular formula is C10H15N3O2. The molecule has 5 nitrogen and oxygen atoms in total. The van der Waals surface area contributed by atoms with Gasteiger partial charge in [0.25, 0.3) is 0 Å². The van der Waals surface area contributed by atoms with Crippen molar-refractivity contribution in [1.29, 1.82) is 0 Å². The number of carbonyl (C=O) groups excluding carboxylic acids is 1. The van der Waals surface area contributed by atoms with Gasteiger partial charge in [-0.25, -0.2) is 0 Å². The quantitative estimate of drug-likeness (QED) is 0.737. The van der Waals surface area contributed by atoms with E-state index in [1.807, 2.05) is 0 Å². The van der Waals surface area contributed by atoms with E-state index in [1.165, 1.54) is 6.08 Å². The maximum absolute atomic E-state index is 11.2. The first-order chi connectivity index (χ1) is 7.26. The summed E-state index contributed by atoms with van der Waals surface area (Å²) in [6.07, 6.45) is 6.52. The minimum absolute atomic E-state index is 0.149. The minimum atomic E-state index is -0.149. The lowest BCUT2D eigenvalue weighted by Gasteiger charge is -1.98. The van der Waals surface area contributed by atoms with Crippen LogP contribution >= 0.6 is 0 Å². The average molecular weight is 209 g/mol. The molecule has 0 fully saturated rings. The molecule has 15 heavy (non-hydrogen) atoms. The summed E-state index contributed by atoms with van der Waals surface area (Å²) in [5.74, 6) is -0.149. The van der Waals surface area contributed by atoms with Crippen LogP contribution in [0.5, 0.6) is 0 Å². The Morgan fingerprint density at radius 2 is 2.53 bits per heavy atom. The number of anilines is 1. The number of methoxy groups -OCH3 is 1. The molecular weight excluding hydrogens is 194 g/mol. The second-order valence-electron chi connectivity index (χ2n) is 2.97. The normalized spacial score (nSPS) is 10.8. The smallest absolute Gasteiger partial charge is 0.248 e. The molecule has 0 bridgehead atoms. The van der Waals surface area contributed by atoms with Crippen LogP contribution in [0.1, 0.15) is 6.92 Å². The third-order valence-corrected chi connectivity index (χ3v) is 1.74. The standard InChI is InChI=1S/C10H15N3O2/c1-3-4-10(14)12-9-7-11-13(8-9)5-6-15-2/h3-4,7-8H,5-6H2,1-2H3,(H,12,14). The number of ether oxygens (including phenoxy) is 1. The molecule has 0 unspecified atom stereocenters. The largest absolute Gasteiger partial charge is 0.383 e. The van der Waals surface area contributed by atoms with Crippen molar-refractivity contribution in [3.8, 4) is 0 Å². The van der Waals surface area contributed by atoms with Crippen LogP contribution < -0.4 is 5.32 Å². The third kappa shape index (κ3) is 3.95. The molecule has 0 aliphatic carbocycles. The fraction of sp³-hybridized carbons (Fsp3) is 0.400. The molecule has 82 valence electrons. The van der Waals surface area contributed by atoms with E-state index in [0.29, 0.717) is 18.8 Å². The average Bonchev–Trinajstić information content (AvgIpc) is 2.63. The number of nitrogens with zero attached hydrogens (tertiary/aromatic N) is 2. The van der Waals surface area contributed by atoms with Gasteiger partial charge in [0.05, 0.1) is 25.0 Å². The Balaban J connectivity index is 2.49. The molecule has 0 spiro atoms. The Labute approximate surface area is 88.7 Å². The first-order valence-corrected chi connectivity index (χ1v) is 4.71. The van der Waals surface area contributed by atoms with E-state index in [4.69, 9.17) is 4.74 Å². The lowest BCUT2D eigenvalue weighted by atomic mass is 10.4. The van der Waals surface area contributed by atoms with Crippen LogP contribution in [0.3, 0.4) is 0 Å². The molecule has 0 radical (unpaired) electrons. The van der Waals surface area contributed by atoms with Crippen LogP contribution in [0.15, 0.2) is 24.5 Å². The molecule has 0 aromatic carbocycles. The van der Waals surface area contributed by atoms with E-state index in [-0.39, 0.29) is 5.91 Å². The SMILES string of the molecule is CC=CC(=O)Nc1cnn(CCOC)c1. The molecule has 0 atom stereocenters. The minimum Gasteiger partial charge on any atom is -0.383 e. The molecule has 1 aromatic rings. The Morgan fingerprint density at radius 1 is 1.73 bits per heavy atom. The predicted molar refractivity (Wildman–Crippen MR) is 57.5 cm³/mol. The van der Waals surface area contributed by atoms with E-state index < -0.39 is 0 Å². The molecule has 1 heterocycles. The van der Waals surface area contributed by atoms with Crippen molar-refractivity contribution in [3.05, 3.63) is 24.5 Å². The van der Waals surface area contributed by atoms with Gasteiger partial charge >= 0.3 is 0 Å². The molecule has 0 saturated carbocycles. The Bertz CT molecular complexity index is 344. The highest BCUT2D eigenvalue weighted by Gasteiger charge is 2.00. The zero-order valence-electron chi connectivity index (χ0n) is 8.93. The summed E-state index contributed by atoms with van der Waals surface area (Å²) in [6.45, 7) is 3.07. The van der Waals surface area contributed by atoms with Gasteiger partial charge in [-0.05, 0) is 13.0 Å². The number of allylic oxidation sites excluding steroid dienone is 1. The van der Waals surface area contributed by atoms with Crippen molar-refractivity contribution in [1.82, 2.24) is 9.78 Å². The van der Waals surface area contributed by atoms with Crippen LogP contribution in [0.2, 0.25) is 0 Å². The maximum Gasteiger partial charge on any atom is 0.248 e. The van der Waals surface area contributed by atoms with Gasteiger partial charge in [0.2, 0.25) is 5.91 Å². The predicted octanol–water partition coefficient (Wildman–Crippen LogP) is 1.04. The number of aromatic nitrogens is 2. The molecule has 0 saturated heterocycles. The molecule has 1 amide bonds. The summed E-state index contributed by atoms with van der Waals surface area (Å²) < 4.78 is 6.63. The Hall–Kier alpha value is -1.62. The first-order valence-electron chi connectivity index (χ1n) is 4.71. The molecule has 5 heteroatoms. The fourth-order valence-corrected chi connectivity index (χ4v) is 1.07. The van der Waals surface area contributed by atoms with E-state index >= 15 is 0 Å². The Kier molecular flexibility index (Phi) is 4.56. The van der Waals surface area contributed by atoms with Gasteiger partial charge < -0.3 is 10.1 Å². The molecule has 0 aliphatic heterocycles. The summed E-state index contributed by atoms with van der Waals surface area (Å²) >= 11 is 0. The van der Waals surface area contributed by atoms with E-state index in [1.54, 1.807) is 37.2 Å². The molecule has 1 N–H and O–H groups in total. The zero-order valence-corrected chi connectivity index (χ0v) is 8.93. The van der Waals surface area contributed by atoms with Gasteiger partial charge in [-0.2, -0.15) is 5.10 Å². The maximum atomic E-state index is 11.2. The number of hydrogen-bond donors (Lipinski definition) is 1. The highest BCUT2D eigenvalue weighted by molar-refractivity contribution is 5.98. The first kappa shape index (κ1) is 11.5. The van der Waals surface area contributed by atoms with Gasteiger partial charge in [0.15, 0.2) is 0 Å². The third-order valence-electron chi connectivity index (χ3n) is 1.74. The van der Waals surface area contributed by atoms with Crippen molar-refractivity contribution in [2.45, 2.75) is 13.5 Å². The van der Waals surface area contributed by atoms with Gasteiger partial charge in [0.1, 0.15) is 0 Å². The van der Waals surface area contributed by atoms with Crippen LogP contribution in [0.4, 0.5) is 5.69 Å². The lowest BCUT2D eigenvalue weighted by molar-refractivity contribution is -0.111. The zero-order chi connectivity index (χ0) is 11.1. The van der Waals surface area contributed by atoms with E-state index in [9.17, 15) is 4.79 Å². The van der Waals surface area contributed by atoms with Crippen molar-refractivity contribution in [2.24, 2.45) is 0 Å². The summed E-state index contributed by atoms with van der Waals surface area (Å²) in [7, 11) is 1.64. The van der Waals surface area contributed by atoms with Crippen LogP contribution in [-0.4, -0.2) is 29.4 Å². The molecule has 0 aliphatic rings. The second kappa shape index (κ2) is 5.98. The molecule has 1 aromatic heterocycles. The number of hydrogen-bond acceptors (Lipinski definition) is 3. The number of carbonyl (C=O) groups is 1. The van der Waals surface area contributed by atoms with E-state index in [0.717, 1.165) is 0 Å². The number of nitrogens with one attached hydrogen (secondary N) is 1. The molecule has 1 rings (SSSR count).